The molecule has 0 aliphatic heterocycles. The number of hydrogen-bond acceptors (Lipinski definition) is 4. The lowest BCUT2D eigenvalue weighted by Crippen LogP contribution is -2.41. The van der Waals surface area contributed by atoms with Crippen molar-refractivity contribution in [3.05, 3.63) is 53.8 Å². The molecule has 2 rings (SSSR count). The molecule has 1 unspecified atom stereocenters. The fourth-order valence-corrected chi connectivity index (χ4v) is 2.39. The van der Waals surface area contributed by atoms with E-state index in [1.807, 2.05) is 19.9 Å². The van der Waals surface area contributed by atoms with Gasteiger partial charge in [0.15, 0.2) is 29.0 Å². The summed E-state index contributed by atoms with van der Waals surface area (Å²) in [6, 6.07) is 11.5. The number of nitrogens with one attached hydrogen (secondary N) is 2. The van der Waals surface area contributed by atoms with E-state index in [1.165, 1.54) is 13.2 Å². The fourth-order valence-electron chi connectivity index (χ4n) is 2.39. The summed E-state index contributed by atoms with van der Waals surface area (Å²) in [5.74, 6) is 0.949. The predicted octanol–water partition coefficient (Wildman–Crippen LogP) is 3.68. The number of halogens is 2. The molecule has 2 aromatic rings. The Morgan fingerprint density at radius 3 is 2.57 bits per heavy atom. The molecule has 0 bridgehead atoms. The monoisotopic (exact) mass is 503 g/mol. The Morgan fingerprint density at radius 1 is 1.18 bits per heavy atom. The highest BCUT2D eigenvalue weighted by Gasteiger charge is 2.09. The standard InChI is InChI=1S/C20H26FN3O3.HI/c1-4-22-20(24-13-15-9-10-19(26-3)17(25)11-15)23-12-14(2)27-18-8-6-5-7-16(18)21;/h5-11,14,25H,4,12-13H2,1-3H3,(H2,22,23,24);1H. The number of phenolic OH excluding ortho intramolecular Hbond substituents is 1. The quantitative estimate of drug-likeness (QED) is 0.291. The first-order valence-corrected chi connectivity index (χ1v) is 8.82. The first kappa shape index (κ1) is 23.8. The second-order valence-electron chi connectivity index (χ2n) is 5.94. The molecular formula is C20H27FIN3O3. The number of rotatable bonds is 8. The van der Waals surface area contributed by atoms with Crippen LogP contribution < -0.4 is 20.1 Å². The molecule has 154 valence electrons. The molecule has 0 heterocycles. The molecule has 0 fully saturated rings. The molecule has 0 amide bonds. The van der Waals surface area contributed by atoms with Crippen molar-refractivity contribution >= 4 is 29.9 Å². The van der Waals surface area contributed by atoms with Gasteiger partial charge in [0, 0.05) is 6.54 Å². The predicted molar refractivity (Wildman–Crippen MR) is 119 cm³/mol. The van der Waals surface area contributed by atoms with E-state index in [1.54, 1.807) is 30.3 Å². The van der Waals surface area contributed by atoms with Crippen LogP contribution in [-0.4, -0.2) is 37.4 Å². The first-order valence-electron chi connectivity index (χ1n) is 8.82. The van der Waals surface area contributed by atoms with E-state index in [4.69, 9.17) is 9.47 Å². The topological polar surface area (TPSA) is 75.1 Å². The molecule has 0 aliphatic carbocycles. The van der Waals surface area contributed by atoms with Crippen molar-refractivity contribution in [2.45, 2.75) is 26.5 Å². The number of guanidine groups is 1. The van der Waals surface area contributed by atoms with Crippen molar-refractivity contribution in [2.75, 3.05) is 20.2 Å². The van der Waals surface area contributed by atoms with Crippen LogP contribution in [-0.2, 0) is 6.54 Å². The molecule has 8 heteroatoms. The number of ether oxygens (including phenoxy) is 2. The second kappa shape index (κ2) is 12.3. The maximum atomic E-state index is 13.7. The zero-order valence-electron chi connectivity index (χ0n) is 16.2. The molecular weight excluding hydrogens is 476 g/mol. The summed E-state index contributed by atoms with van der Waals surface area (Å²) in [6.45, 7) is 5.35. The summed E-state index contributed by atoms with van der Waals surface area (Å²) < 4.78 is 24.3. The van der Waals surface area contributed by atoms with Crippen molar-refractivity contribution in [1.82, 2.24) is 10.6 Å². The van der Waals surface area contributed by atoms with E-state index in [0.29, 0.717) is 31.3 Å². The van der Waals surface area contributed by atoms with Gasteiger partial charge in [0.05, 0.1) is 20.2 Å². The Bertz CT molecular complexity index is 774. The van der Waals surface area contributed by atoms with Crippen LogP contribution in [0.15, 0.2) is 47.5 Å². The maximum absolute atomic E-state index is 13.7. The lowest BCUT2D eigenvalue weighted by atomic mass is 10.2. The van der Waals surface area contributed by atoms with Gasteiger partial charge in [0.2, 0.25) is 0 Å². The van der Waals surface area contributed by atoms with Gasteiger partial charge in [-0.05, 0) is 43.7 Å². The van der Waals surface area contributed by atoms with E-state index in [2.05, 4.69) is 15.6 Å². The van der Waals surface area contributed by atoms with Gasteiger partial charge in [-0.25, -0.2) is 9.38 Å². The van der Waals surface area contributed by atoms with Crippen LogP contribution in [0.3, 0.4) is 0 Å². The Kier molecular flexibility index (Phi) is 10.4. The highest BCUT2D eigenvalue weighted by molar-refractivity contribution is 14.0. The number of aliphatic imine (C=N–C) groups is 1. The molecule has 0 aromatic heterocycles. The minimum Gasteiger partial charge on any atom is -0.504 e. The van der Waals surface area contributed by atoms with Gasteiger partial charge in [-0.15, -0.1) is 24.0 Å². The highest BCUT2D eigenvalue weighted by atomic mass is 127. The smallest absolute Gasteiger partial charge is 0.191 e. The lowest BCUT2D eigenvalue weighted by molar-refractivity contribution is 0.214. The van der Waals surface area contributed by atoms with Gasteiger partial charge in [0.25, 0.3) is 0 Å². The van der Waals surface area contributed by atoms with Crippen LogP contribution in [0.2, 0.25) is 0 Å². The number of methoxy groups -OCH3 is 1. The van der Waals surface area contributed by atoms with Gasteiger partial charge < -0.3 is 25.2 Å². The SMILES string of the molecule is CCNC(=NCc1ccc(OC)c(O)c1)NCC(C)Oc1ccccc1F.I. The normalized spacial score (nSPS) is 11.9. The summed E-state index contributed by atoms with van der Waals surface area (Å²) in [6.07, 6.45) is -0.254. The first-order chi connectivity index (χ1) is 13.0. The Balaban J connectivity index is 0.00000392. The summed E-state index contributed by atoms with van der Waals surface area (Å²) in [4.78, 5) is 4.49. The molecule has 0 saturated heterocycles. The zero-order chi connectivity index (χ0) is 19.6. The van der Waals surface area contributed by atoms with Crippen LogP contribution >= 0.6 is 24.0 Å². The number of phenols is 1. The van der Waals surface area contributed by atoms with Gasteiger partial charge in [-0.2, -0.15) is 0 Å². The Hall–Kier alpha value is -2.23. The van der Waals surface area contributed by atoms with Crippen LogP contribution in [0.1, 0.15) is 19.4 Å². The molecule has 2 aromatic carbocycles. The molecule has 6 nitrogen and oxygen atoms in total. The third-order valence-electron chi connectivity index (χ3n) is 3.73. The van der Waals surface area contributed by atoms with Gasteiger partial charge in [0.1, 0.15) is 6.10 Å². The molecule has 28 heavy (non-hydrogen) atoms. The average Bonchev–Trinajstić information content (AvgIpc) is 2.66. The molecule has 1 atom stereocenters. The third kappa shape index (κ3) is 7.41. The molecule has 0 radical (unpaired) electrons. The molecule has 0 aliphatic rings. The summed E-state index contributed by atoms with van der Waals surface area (Å²) in [5.41, 5.74) is 0.848. The molecule has 0 spiro atoms. The van der Waals surface area contributed by atoms with E-state index in [9.17, 15) is 9.50 Å². The van der Waals surface area contributed by atoms with Crippen molar-refractivity contribution < 1.29 is 19.0 Å². The largest absolute Gasteiger partial charge is 0.504 e. The van der Waals surface area contributed by atoms with Crippen molar-refractivity contribution in [3.8, 4) is 17.2 Å². The van der Waals surface area contributed by atoms with Crippen LogP contribution in [0.5, 0.6) is 17.2 Å². The van der Waals surface area contributed by atoms with Crippen molar-refractivity contribution in [2.24, 2.45) is 4.99 Å². The summed E-state index contributed by atoms with van der Waals surface area (Å²) in [7, 11) is 1.50. The summed E-state index contributed by atoms with van der Waals surface area (Å²) in [5, 5.41) is 16.2. The number of nitrogens with zero attached hydrogens (tertiary/aromatic N) is 1. The van der Waals surface area contributed by atoms with Gasteiger partial charge in [-0.3, -0.25) is 0 Å². The van der Waals surface area contributed by atoms with E-state index in [-0.39, 0.29) is 47.4 Å². The van der Waals surface area contributed by atoms with E-state index >= 15 is 0 Å². The lowest BCUT2D eigenvalue weighted by Gasteiger charge is -2.18. The minimum atomic E-state index is -0.385. The number of benzene rings is 2. The fraction of sp³-hybridized carbons (Fsp3) is 0.350. The molecule has 3 N–H and O–H groups in total. The summed E-state index contributed by atoms with van der Waals surface area (Å²) >= 11 is 0. The average molecular weight is 503 g/mol. The highest BCUT2D eigenvalue weighted by Crippen LogP contribution is 2.26. The van der Waals surface area contributed by atoms with Crippen molar-refractivity contribution in [1.29, 1.82) is 0 Å². The van der Waals surface area contributed by atoms with E-state index < -0.39 is 0 Å². The van der Waals surface area contributed by atoms with Crippen LogP contribution in [0.4, 0.5) is 4.39 Å². The minimum absolute atomic E-state index is 0. The van der Waals surface area contributed by atoms with Gasteiger partial charge in [-0.1, -0.05) is 18.2 Å². The maximum Gasteiger partial charge on any atom is 0.191 e. The number of para-hydroxylation sites is 1. The Labute approximate surface area is 182 Å². The number of aromatic hydroxyl groups is 1. The third-order valence-corrected chi connectivity index (χ3v) is 3.73. The van der Waals surface area contributed by atoms with Gasteiger partial charge >= 0.3 is 0 Å². The number of hydrogen-bond donors (Lipinski definition) is 3. The van der Waals surface area contributed by atoms with Crippen molar-refractivity contribution in [3.63, 3.8) is 0 Å². The second-order valence-corrected chi connectivity index (χ2v) is 5.94. The van der Waals surface area contributed by atoms with E-state index in [0.717, 1.165) is 5.56 Å². The van der Waals surface area contributed by atoms with Crippen LogP contribution in [0, 0.1) is 5.82 Å². The van der Waals surface area contributed by atoms with Crippen LogP contribution in [0.25, 0.3) is 0 Å². The molecule has 0 saturated carbocycles. The zero-order valence-corrected chi connectivity index (χ0v) is 18.6. The Morgan fingerprint density at radius 2 is 1.93 bits per heavy atom.